The lowest BCUT2D eigenvalue weighted by Gasteiger charge is -2.40. The van der Waals surface area contributed by atoms with Gasteiger partial charge in [-0.05, 0) is 61.8 Å². The second-order valence-electron chi connectivity index (χ2n) is 13.0. The first-order valence-corrected chi connectivity index (χ1v) is 18.5. The Balaban J connectivity index is 1.51. The number of carbonyl (C=O) groups excluding carboxylic acids is 1. The Hall–Kier alpha value is -4.25. The van der Waals surface area contributed by atoms with Crippen molar-refractivity contribution in [3.63, 3.8) is 0 Å². The Bertz CT molecular complexity index is 2010. The van der Waals surface area contributed by atoms with Gasteiger partial charge in [0, 0.05) is 47.9 Å². The highest BCUT2D eigenvalue weighted by Gasteiger charge is 2.43. The van der Waals surface area contributed by atoms with E-state index in [0.717, 1.165) is 44.3 Å². The maximum absolute atomic E-state index is 14.6. The Labute approximate surface area is 297 Å². The van der Waals surface area contributed by atoms with Gasteiger partial charge >= 0.3 is 12.4 Å². The van der Waals surface area contributed by atoms with Gasteiger partial charge in [0.15, 0.2) is 6.04 Å². The molecule has 2 saturated heterocycles. The van der Waals surface area contributed by atoms with Crippen LogP contribution < -0.4 is 10.0 Å². The fourth-order valence-corrected chi connectivity index (χ4v) is 7.44. The summed E-state index contributed by atoms with van der Waals surface area (Å²) in [4.78, 5) is 23.5. The van der Waals surface area contributed by atoms with Gasteiger partial charge in [-0.2, -0.15) is 26.3 Å². The zero-order valence-corrected chi connectivity index (χ0v) is 28.9. The first-order chi connectivity index (χ1) is 24.6. The van der Waals surface area contributed by atoms with E-state index in [-0.39, 0.29) is 57.1 Å². The fraction of sp³-hybridized carbons (Fsp3) is 0.389. The fourth-order valence-electron chi connectivity index (χ4n) is 6.89. The van der Waals surface area contributed by atoms with Gasteiger partial charge in [-0.25, -0.2) is 13.4 Å². The van der Waals surface area contributed by atoms with Crippen LogP contribution in [0.4, 0.5) is 32.0 Å². The van der Waals surface area contributed by atoms with Crippen LogP contribution in [0.25, 0.3) is 22.2 Å². The van der Waals surface area contributed by atoms with Crippen molar-refractivity contribution < 1.29 is 44.3 Å². The van der Waals surface area contributed by atoms with Crippen molar-refractivity contribution in [2.75, 3.05) is 50.4 Å². The predicted octanol–water partition coefficient (Wildman–Crippen LogP) is 6.62. The molecule has 0 aliphatic carbocycles. The summed E-state index contributed by atoms with van der Waals surface area (Å²) in [6.45, 7) is 3.87. The number of piperidine rings is 1. The smallest absolute Gasteiger partial charge is 0.379 e. The molecule has 16 heteroatoms. The molecule has 0 unspecified atom stereocenters. The monoisotopic (exact) mass is 749 g/mol. The van der Waals surface area contributed by atoms with E-state index in [9.17, 15) is 39.6 Å². The molecule has 52 heavy (non-hydrogen) atoms. The Morgan fingerprint density at radius 2 is 1.62 bits per heavy atom. The molecule has 0 saturated carbocycles. The lowest BCUT2D eigenvalue weighted by Crippen LogP contribution is -2.48. The van der Waals surface area contributed by atoms with Gasteiger partial charge in [0.2, 0.25) is 10.0 Å². The van der Waals surface area contributed by atoms with Crippen LogP contribution in [0.1, 0.15) is 45.9 Å². The summed E-state index contributed by atoms with van der Waals surface area (Å²) in [5.41, 5.74) is -1.26. The predicted molar refractivity (Wildman–Crippen MR) is 184 cm³/mol. The van der Waals surface area contributed by atoms with Crippen LogP contribution >= 0.6 is 0 Å². The second kappa shape index (κ2) is 15.0. The van der Waals surface area contributed by atoms with Crippen LogP contribution in [0.15, 0.2) is 72.8 Å². The molecule has 9 nitrogen and oxygen atoms in total. The van der Waals surface area contributed by atoms with E-state index in [2.05, 4.69) is 14.9 Å². The molecule has 1 amide bonds. The quantitative estimate of drug-likeness (QED) is 0.186. The molecule has 2 N–H and O–H groups in total. The number of sulfonamides is 1. The van der Waals surface area contributed by atoms with Crippen LogP contribution in [-0.2, 0) is 27.5 Å². The normalized spacial score (nSPS) is 17.6. The number of hydrogen-bond acceptors (Lipinski definition) is 7. The minimum absolute atomic E-state index is 0.00820. The van der Waals surface area contributed by atoms with Crippen molar-refractivity contribution in [1.29, 1.82) is 0 Å². The average Bonchev–Trinajstić information content (AvgIpc) is 3.10. The molecule has 2 aliphatic heterocycles. The number of alkyl halides is 6. The van der Waals surface area contributed by atoms with E-state index in [1.807, 2.05) is 4.90 Å². The molecule has 2 aliphatic rings. The number of benzene rings is 3. The molecule has 3 aromatic carbocycles. The summed E-state index contributed by atoms with van der Waals surface area (Å²) >= 11 is 0. The third kappa shape index (κ3) is 8.85. The molecule has 4 aromatic rings. The van der Waals surface area contributed by atoms with Crippen LogP contribution in [0, 0.1) is 0 Å². The Morgan fingerprint density at radius 1 is 0.923 bits per heavy atom. The summed E-state index contributed by atoms with van der Waals surface area (Å²) in [5.74, 6) is -1.15. The number of halogens is 6. The van der Waals surface area contributed by atoms with E-state index in [1.165, 1.54) is 60.7 Å². The number of rotatable bonds is 9. The summed E-state index contributed by atoms with van der Waals surface area (Å²) < 4.78 is 118. The van der Waals surface area contributed by atoms with Crippen molar-refractivity contribution in [1.82, 2.24) is 20.1 Å². The average molecular weight is 750 g/mol. The molecule has 6 rings (SSSR count). The lowest BCUT2D eigenvalue weighted by atomic mass is 9.93. The highest BCUT2D eigenvalue weighted by Crippen LogP contribution is 2.38. The first kappa shape index (κ1) is 37.5. The van der Waals surface area contributed by atoms with E-state index in [0.29, 0.717) is 26.3 Å². The van der Waals surface area contributed by atoms with Gasteiger partial charge in [-0.3, -0.25) is 19.3 Å². The summed E-state index contributed by atoms with van der Waals surface area (Å²) in [6, 6.07) is 13.1. The summed E-state index contributed by atoms with van der Waals surface area (Å²) in [6.07, 6.45) is -7.23. The number of fused-ring (bicyclic) bond motifs is 1. The van der Waals surface area contributed by atoms with Crippen molar-refractivity contribution in [2.45, 2.75) is 43.8 Å². The Kier molecular flexibility index (Phi) is 10.8. The summed E-state index contributed by atoms with van der Waals surface area (Å²) in [5, 5.41) is 2.17. The largest absolute Gasteiger partial charge is 0.416 e. The molecule has 1 aromatic heterocycles. The van der Waals surface area contributed by atoms with E-state index >= 15 is 0 Å². The molecule has 0 radical (unpaired) electrons. The van der Waals surface area contributed by atoms with E-state index < -0.39 is 39.9 Å². The van der Waals surface area contributed by atoms with Gasteiger partial charge in [0.1, 0.15) is 0 Å². The maximum Gasteiger partial charge on any atom is 0.416 e. The number of carbonyl (C=O) groups is 1. The standard InChI is InChI=1S/C36H37F6N5O4S/c1-52(49,50)45-26-10-11-30-28(21-26)31(34(48)44-33(36(40,41)42)23-6-3-2-4-7-23)29(32(43-30)24-8-5-9-25(20-24)35(37,38)39)22-46-14-12-27(13-15-46)47-16-18-51-19-17-47/h2-11,20-21,27,33,45H,12-19,22H2,1H3,(H,44,48)/t33-/m1/s1. The molecule has 2 fully saturated rings. The summed E-state index contributed by atoms with van der Waals surface area (Å²) in [7, 11) is -3.82. The molecular weight excluding hydrogens is 712 g/mol. The number of aromatic nitrogens is 1. The minimum Gasteiger partial charge on any atom is -0.379 e. The molecule has 0 spiro atoms. The minimum atomic E-state index is -4.92. The highest BCUT2D eigenvalue weighted by atomic mass is 32.2. The number of anilines is 1. The van der Waals surface area contributed by atoms with E-state index in [1.54, 1.807) is 0 Å². The lowest BCUT2D eigenvalue weighted by molar-refractivity contribution is -0.155. The number of nitrogens with zero attached hydrogens (tertiary/aromatic N) is 3. The van der Waals surface area contributed by atoms with Gasteiger partial charge in [-0.15, -0.1) is 0 Å². The molecule has 278 valence electrons. The molecule has 3 heterocycles. The van der Waals surface area contributed by atoms with Crippen LogP contribution in [0.2, 0.25) is 0 Å². The highest BCUT2D eigenvalue weighted by molar-refractivity contribution is 7.92. The number of nitrogens with one attached hydrogen (secondary N) is 2. The number of ether oxygens (including phenoxy) is 1. The number of morpholine rings is 1. The second-order valence-corrected chi connectivity index (χ2v) is 14.8. The van der Waals surface area contributed by atoms with Crippen LogP contribution in [0.3, 0.4) is 0 Å². The third-order valence-electron chi connectivity index (χ3n) is 9.32. The van der Waals surface area contributed by atoms with Gasteiger partial charge in [0.05, 0.1) is 41.8 Å². The molecular formula is C36H37F6N5O4S. The molecule has 1 atom stereocenters. The zero-order valence-electron chi connectivity index (χ0n) is 28.1. The van der Waals surface area contributed by atoms with E-state index in [4.69, 9.17) is 9.72 Å². The topological polar surface area (TPSA) is 104 Å². The zero-order chi connectivity index (χ0) is 37.3. The van der Waals surface area contributed by atoms with Crippen LogP contribution in [-0.4, -0.2) is 87.0 Å². The third-order valence-corrected chi connectivity index (χ3v) is 9.92. The molecule has 0 bridgehead atoms. The number of pyridine rings is 1. The van der Waals surface area contributed by atoms with Gasteiger partial charge < -0.3 is 10.1 Å². The van der Waals surface area contributed by atoms with Gasteiger partial charge in [-0.1, -0.05) is 42.5 Å². The van der Waals surface area contributed by atoms with Crippen molar-refractivity contribution in [2.24, 2.45) is 0 Å². The number of hydrogen-bond donors (Lipinski definition) is 2. The van der Waals surface area contributed by atoms with Crippen LogP contribution in [0.5, 0.6) is 0 Å². The van der Waals surface area contributed by atoms with Crippen molar-refractivity contribution in [3.8, 4) is 11.3 Å². The van der Waals surface area contributed by atoms with Crippen molar-refractivity contribution in [3.05, 3.63) is 95.1 Å². The number of likely N-dealkylation sites (tertiary alicyclic amines) is 1. The van der Waals surface area contributed by atoms with Crippen molar-refractivity contribution >= 4 is 32.5 Å². The van der Waals surface area contributed by atoms with Gasteiger partial charge in [0.25, 0.3) is 5.91 Å². The number of amides is 1. The maximum atomic E-state index is 14.6. The SMILES string of the molecule is CS(=O)(=O)Nc1ccc2nc(-c3cccc(C(F)(F)F)c3)c(CN3CCC(N4CCOCC4)CC3)c(C(=O)N[C@H](c3ccccc3)C(F)(F)F)c2c1. The Morgan fingerprint density at radius 3 is 2.25 bits per heavy atom. The first-order valence-electron chi connectivity index (χ1n) is 16.7.